The summed E-state index contributed by atoms with van der Waals surface area (Å²) in [6.45, 7) is 0.717. The van der Waals surface area contributed by atoms with Crippen molar-refractivity contribution >= 4 is 5.97 Å². The summed E-state index contributed by atoms with van der Waals surface area (Å²) in [5.74, 6) is -2.03. The molecule has 0 unspecified atom stereocenters. The molecule has 1 fully saturated rings. The van der Waals surface area contributed by atoms with Gasteiger partial charge in [0.2, 0.25) is 0 Å². The second-order valence-electron chi connectivity index (χ2n) is 1.60. The molecule has 1 aliphatic heterocycles. The molecular weight excluding hydrogens is 287 g/mol. The molecule has 0 aromatic heterocycles. The van der Waals surface area contributed by atoms with Gasteiger partial charge in [-0.1, -0.05) is 0 Å². The summed E-state index contributed by atoms with van der Waals surface area (Å²) in [5, 5.41) is 8.38. The van der Waals surface area contributed by atoms with Gasteiger partial charge in [-0.15, -0.1) is 9.78 Å². The number of carbonyl (C=O) groups excluding carboxylic acids is 1. The van der Waals surface area contributed by atoms with Crippen LogP contribution in [0.2, 0.25) is 0 Å². The molecule has 1 heterocycles. The molecule has 0 bridgehead atoms. The van der Waals surface area contributed by atoms with Crippen LogP contribution in [0.25, 0.3) is 0 Å². The molecule has 9 heteroatoms. The zero-order valence-electron chi connectivity index (χ0n) is 7.62. The third-order valence-electron chi connectivity index (χ3n) is 0.762. The summed E-state index contributed by atoms with van der Waals surface area (Å²) < 4.78 is 4.36. The third-order valence-corrected chi connectivity index (χ3v) is 0.762. The largest absolute Gasteiger partial charge is 0.407 e. The van der Waals surface area contributed by atoms with Gasteiger partial charge >= 0.3 is 11.9 Å². The van der Waals surface area contributed by atoms with Crippen molar-refractivity contribution in [2.45, 2.75) is 12.9 Å². The van der Waals surface area contributed by atoms with Crippen molar-refractivity contribution in [1.29, 1.82) is 0 Å². The van der Waals surface area contributed by atoms with Crippen LogP contribution in [0.5, 0.6) is 0 Å². The summed E-state index contributed by atoms with van der Waals surface area (Å²) in [7, 11) is 0. The second kappa shape index (κ2) is 9.09. The quantitative estimate of drug-likeness (QED) is 0.269. The van der Waals surface area contributed by atoms with Crippen LogP contribution in [0.4, 0.5) is 0 Å². The van der Waals surface area contributed by atoms with Crippen LogP contribution in [-0.2, 0) is 58.3 Å². The maximum atomic E-state index is 10.2. The molecular formula is C4H12N2O5Zn2. The van der Waals surface area contributed by atoms with E-state index in [-0.39, 0.29) is 51.3 Å². The van der Waals surface area contributed by atoms with Gasteiger partial charge in [0.15, 0.2) is 0 Å². The normalized spacial score (nSPS) is 14.6. The van der Waals surface area contributed by atoms with Crippen LogP contribution in [0.15, 0.2) is 0 Å². The topological polar surface area (TPSA) is 142 Å². The second-order valence-corrected chi connectivity index (χ2v) is 1.60. The number of hydrogen-bond acceptors (Lipinski definition) is 7. The van der Waals surface area contributed by atoms with E-state index in [1.54, 1.807) is 0 Å². The van der Waals surface area contributed by atoms with E-state index >= 15 is 0 Å². The zero-order chi connectivity index (χ0) is 6.91. The molecule has 0 aliphatic carbocycles. The Kier molecular flexibility index (Phi) is 16.3. The Hall–Kier alpha value is 0.517. The molecule has 72 valence electrons. The Morgan fingerprint density at radius 3 is 1.85 bits per heavy atom. The minimum absolute atomic E-state index is 0. The Bertz CT molecular complexity index is 142. The molecule has 0 radical (unpaired) electrons. The minimum atomic E-state index is -1.48. The summed E-state index contributed by atoms with van der Waals surface area (Å²) >= 11 is 0. The third kappa shape index (κ3) is 7.58. The molecule has 0 atom stereocenters. The number of ether oxygens (including phenoxy) is 1. The number of esters is 1. The maximum Gasteiger partial charge on any atom is 0.407 e. The summed E-state index contributed by atoms with van der Waals surface area (Å²) in [5.41, 5.74) is 0. The van der Waals surface area contributed by atoms with Gasteiger partial charge in [-0.05, 0) is 0 Å². The fourth-order valence-corrected chi connectivity index (χ4v) is 0.384. The van der Waals surface area contributed by atoms with Gasteiger partial charge in [0.05, 0.1) is 0 Å². The SMILES string of the molecule is CC(=O)OC1(CO)OO1.N.N.[Zn].[Zn]. The first-order chi connectivity index (χ1) is 4.18. The molecule has 0 aromatic carbocycles. The van der Waals surface area contributed by atoms with Crippen molar-refractivity contribution in [2.24, 2.45) is 0 Å². The number of carbonyl (C=O) groups is 1. The average Bonchev–Trinajstić information content (AvgIpc) is 2.48. The van der Waals surface area contributed by atoms with Gasteiger partial charge in [0, 0.05) is 45.9 Å². The van der Waals surface area contributed by atoms with Crippen molar-refractivity contribution < 1.29 is 63.4 Å². The first-order valence-corrected chi connectivity index (χ1v) is 2.36. The number of hydrogen-bond donors (Lipinski definition) is 3. The minimum Gasteiger partial charge on any atom is -0.403 e. The molecule has 7 nitrogen and oxygen atoms in total. The van der Waals surface area contributed by atoms with Crippen molar-refractivity contribution in [3.05, 3.63) is 0 Å². The number of rotatable bonds is 2. The van der Waals surface area contributed by atoms with Crippen molar-refractivity contribution in [1.82, 2.24) is 12.3 Å². The standard InChI is InChI=1S/C4H6O5.2H3N.2Zn/c1-3(6)7-4(2-5)8-9-4;;;;/h5H,2H2,1H3;2*1H3;;. The molecule has 0 amide bonds. The Labute approximate surface area is 101 Å². The molecule has 0 aromatic rings. The fraction of sp³-hybridized carbons (Fsp3) is 0.750. The van der Waals surface area contributed by atoms with Gasteiger partial charge in [-0.2, -0.15) is 0 Å². The van der Waals surface area contributed by atoms with Crippen molar-refractivity contribution in [2.75, 3.05) is 6.61 Å². The number of aliphatic hydroxyl groups is 1. The van der Waals surface area contributed by atoms with Gasteiger partial charge in [-0.25, -0.2) is 0 Å². The Morgan fingerprint density at radius 2 is 1.77 bits per heavy atom. The summed E-state index contributed by atoms with van der Waals surface area (Å²) in [6.07, 6.45) is 0. The fourth-order valence-electron chi connectivity index (χ4n) is 0.384. The summed E-state index contributed by atoms with van der Waals surface area (Å²) in [6, 6.07) is 0. The summed E-state index contributed by atoms with van der Waals surface area (Å²) in [4.78, 5) is 18.5. The molecule has 0 saturated carbocycles. The maximum absolute atomic E-state index is 10.2. The molecule has 0 spiro atoms. The van der Waals surface area contributed by atoms with Crippen LogP contribution < -0.4 is 12.3 Å². The van der Waals surface area contributed by atoms with Crippen LogP contribution >= 0.6 is 0 Å². The smallest absolute Gasteiger partial charge is 0.403 e. The zero-order valence-corrected chi connectivity index (χ0v) is 13.5. The van der Waals surface area contributed by atoms with E-state index in [2.05, 4.69) is 14.5 Å². The van der Waals surface area contributed by atoms with E-state index in [4.69, 9.17) is 5.11 Å². The van der Waals surface area contributed by atoms with Crippen LogP contribution in [0, 0.1) is 0 Å². The molecule has 1 aliphatic rings. The molecule has 1 rings (SSSR count). The van der Waals surface area contributed by atoms with E-state index < -0.39 is 18.5 Å². The van der Waals surface area contributed by atoms with Crippen molar-refractivity contribution in [3.8, 4) is 0 Å². The van der Waals surface area contributed by atoms with E-state index in [1.165, 1.54) is 6.92 Å². The number of aliphatic hydroxyl groups excluding tert-OH is 1. The van der Waals surface area contributed by atoms with Crippen LogP contribution in [-0.4, -0.2) is 23.7 Å². The van der Waals surface area contributed by atoms with E-state index in [0.717, 1.165) is 0 Å². The van der Waals surface area contributed by atoms with Gasteiger partial charge < -0.3 is 22.1 Å². The first kappa shape index (κ1) is 23.4. The molecule has 1 saturated heterocycles. The predicted molar refractivity (Wildman–Crippen MR) is 33.8 cm³/mol. The van der Waals surface area contributed by atoms with Crippen LogP contribution in [0.3, 0.4) is 0 Å². The average molecular weight is 299 g/mol. The predicted octanol–water partition coefficient (Wildman–Crippen LogP) is -0.524. The van der Waals surface area contributed by atoms with Gasteiger partial charge in [0.25, 0.3) is 0 Å². The van der Waals surface area contributed by atoms with Gasteiger partial charge in [0.1, 0.15) is 6.61 Å². The molecule has 13 heavy (non-hydrogen) atoms. The Morgan fingerprint density at radius 1 is 1.38 bits per heavy atom. The first-order valence-electron chi connectivity index (χ1n) is 2.36. The van der Waals surface area contributed by atoms with Crippen molar-refractivity contribution in [3.63, 3.8) is 0 Å². The monoisotopic (exact) mass is 296 g/mol. The van der Waals surface area contributed by atoms with Gasteiger partial charge in [-0.3, -0.25) is 4.79 Å². The van der Waals surface area contributed by atoms with E-state index in [0.29, 0.717) is 0 Å². The van der Waals surface area contributed by atoms with Crippen LogP contribution in [0.1, 0.15) is 6.92 Å². The van der Waals surface area contributed by atoms with E-state index in [9.17, 15) is 4.79 Å². The Balaban J connectivity index is -0.000000101. The van der Waals surface area contributed by atoms with E-state index in [1.807, 2.05) is 0 Å². The molecule has 7 N–H and O–H groups in total.